The molecule has 0 radical (unpaired) electrons. The van der Waals surface area contributed by atoms with Crippen LogP contribution in [0.5, 0.6) is 0 Å². The summed E-state index contributed by atoms with van der Waals surface area (Å²) in [4.78, 5) is 27.1. The Morgan fingerprint density at radius 2 is 2.17 bits per heavy atom. The van der Waals surface area contributed by atoms with E-state index in [1.54, 1.807) is 22.5 Å². The molecule has 0 bridgehead atoms. The normalized spacial score (nSPS) is 17.6. The first-order valence-corrected chi connectivity index (χ1v) is 8.70. The molecule has 1 atom stereocenters. The van der Waals surface area contributed by atoms with Crippen molar-refractivity contribution < 1.29 is 9.59 Å². The third-order valence-electron chi connectivity index (χ3n) is 4.06. The minimum atomic E-state index is -0.345. The summed E-state index contributed by atoms with van der Waals surface area (Å²) < 4.78 is 0. The van der Waals surface area contributed by atoms with Gasteiger partial charge >= 0.3 is 0 Å². The molecule has 1 unspecified atom stereocenters. The highest BCUT2D eigenvalue weighted by Gasteiger charge is 2.34. The molecule has 2 amide bonds. The second-order valence-electron chi connectivity index (χ2n) is 5.86. The van der Waals surface area contributed by atoms with Gasteiger partial charge in [0.15, 0.2) is 0 Å². The number of benzene rings is 1. The summed E-state index contributed by atoms with van der Waals surface area (Å²) in [5.41, 5.74) is 4.75. The van der Waals surface area contributed by atoms with Crippen molar-refractivity contribution in [3.63, 3.8) is 0 Å². The number of aryl methyl sites for hydroxylation is 1. The van der Waals surface area contributed by atoms with E-state index in [2.05, 4.69) is 10.5 Å². The van der Waals surface area contributed by atoms with E-state index in [0.29, 0.717) is 13.1 Å². The Morgan fingerprint density at radius 3 is 2.88 bits per heavy atom. The average molecular weight is 341 g/mol. The van der Waals surface area contributed by atoms with E-state index >= 15 is 0 Å². The Labute approximate surface area is 145 Å². The van der Waals surface area contributed by atoms with Crippen LogP contribution in [0.15, 0.2) is 46.9 Å². The summed E-state index contributed by atoms with van der Waals surface area (Å²) in [6.45, 7) is 2.98. The Morgan fingerprint density at radius 1 is 1.38 bits per heavy atom. The predicted octanol–water partition coefficient (Wildman–Crippen LogP) is 2.56. The Balaban J connectivity index is 1.54. The number of amides is 2. The summed E-state index contributed by atoms with van der Waals surface area (Å²) in [7, 11) is 0. The van der Waals surface area contributed by atoms with Crippen LogP contribution < -0.4 is 5.43 Å². The van der Waals surface area contributed by atoms with Crippen molar-refractivity contribution in [1.82, 2.24) is 10.3 Å². The van der Waals surface area contributed by atoms with E-state index < -0.39 is 0 Å². The molecule has 1 fully saturated rings. The number of thiophene rings is 1. The quantitative estimate of drug-likeness (QED) is 0.671. The second kappa shape index (κ2) is 7.40. The summed E-state index contributed by atoms with van der Waals surface area (Å²) >= 11 is 1.57. The second-order valence-corrected chi connectivity index (χ2v) is 6.81. The van der Waals surface area contributed by atoms with Crippen LogP contribution in [0.1, 0.15) is 22.4 Å². The van der Waals surface area contributed by atoms with Gasteiger partial charge in [-0.05, 0) is 29.5 Å². The molecule has 1 saturated heterocycles. The lowest BCUT2D eigenvalue weighted by Gasteiger charge is -2.16. The molecule has 0 aliphatic carbocycles. The molecule has 1 aromatic heterocycles. The van der Waals surface area contributed by atoms with Crippen LogP contribution in [-0.4, -0.2) is 29.5 Å². The minimum Gasteiger partial charge on any atom is -0.338 e. The van der Waals surface area contributed by atoms with Crippen LogP contribution in [0.4, 0.5) is 0 Å². The highest BCUT2D eigenvalue weighted by atomic mass is 32.1. The number of nitrogens with one attached hydrogen (secondary N) is 1. The third-order valence-corrected chi connectivity index (χ3v) is 5.01. The van der Waals surface area contributed by atoms with Gasteiger partial charge < -0.3 is 4.90 Å². The standard InChI is InChI=1S/C18H19N3O2S/c1-13-7-8-24-16(13)10-19-20-18(23)15-9-17(22)21(12-15)11-14-5-3-2-4-6-14/h2-8,10,15H,9,11-12H2,1H3,(H,20,23)/b19-10+. The third kappa shape index (κ3) is 3.89. The molecule has 3 rings (SSSR count). The van der Waals surface area contributed by atoms with Crippen molar-refractivity contribution in [3.8, 4) is 0 Å². The summed E-state index contributed by atoms with van der Waals surface area (Å²) in [5, 5.41) is 5.99. The molecule has 5 nitrogen and oxygen atoms in total. The lowest BCUT2D eigenvalue weighted by molar-refractivity contribution is -0.129. The number of likely N-dealkylation sites (tertiary alicyclic amines) is 1. The molecular weight excluding hydrogens is 322 g/mol. The molecule has 1 aliphatic heterocycles. The van der Waals surface area contributed by atoms with Crippen LogP contribution in [0.2, 0.25) is 0 Å². The van der Waals surface area contributed by atoms with Gasteiger partial charge in [0.05, 0.1) is 12.1 Å². The zero-order valence-electron chi connectivity index (χ0n) is 13.4. The van der Waals surface area contributed by atoms with Crippen molar-refractivity contribution in [1.29, 1.82) is 0 Å². The van der Waals surface area contributed by atoms with E-state index in [0.717, 1.165) is 16.0 Å². The molecule has 1 aromatic carbocycles. The van der Waals surface area contributed by atoms with E-state index in [1.807, 2.05) is 48.7 Å². The maximum Gasteiger partial charge on any atom is 0.245 e. The van der Waals surface area contributed by atoms with Gasteiger partial charge in [0.25, 0.3) is 0 Å². The molecular formula is C18H19N3O2S. The highest BCUT2D eigenvalue weighted by Crippen LogP contribution is 2.20. The van der Waals surface area contributed by atoms with Crippen molar-refractivity contribution in [2.24, 2.45) is 11.0 Å². The topological polar surface area (TPSA) is 61.8 Å². The van der Waals surface area contributed by atoms with Crippen LogP contribution in [0.3, 0.4) is 0 Å². The molecule has 2 heterocycles. The minimum absolute atomic E-state index is 0.0112. The molecule has 1 aliphatic rings. The smallest absolute Gasteiger partial charge is 0.245 e. The van der Waals surface area contributed by atoms with E-state index in [-0.39, 0.29) is 24.2 Å². The van der Waals surface area contributed by atoms with Crippen LogP contribution >= 0.6 is 11.3 Å². The number of nitrogens with zero attached hydrogens (tertiary/aromatic N) is 2. The predicted molar refractivity (Wildman–Crippen MR) is 94.8 cm³/mol. The van der Waals surface area contributed by atoms with Crippen molar-refractivity contribution in [2.75, 3.05) is 6.54 Å². The maximum atomic E-state index is 12.2. The molecule has 24 heavy (non-hydrogen) atoms. The summed E-state index contributed by atoms with van der Waals surface area (Å²) in [6.07, 6.45) is 1.89. The first kappa shape index (κ1) is 16.4. The van der Waals surface area contributed by atoms with Crippen molar-refractivity contribution in [3.05, 3.63) is 57.8 Å². The fraction of sp³-hybridized carbons (Fsp3) is 0.278. The number of rotatable bonds is 5. The SMILES string of the molecule is Cc1ccsc1/C=N/NC(=O)C1CC(=O)N(Cc2ccccc2)C1. The van der Waals surface area contributed by atoms with Gasteiger partial charge in [0.1, 0.15) is 0 Å². The maximum absolute atomic E-state index is 12.2. The molecule has 1 N–H and O–H groups in total. The monoisotopic (exact) mass is 341 g/mol. The van der Waals surface area contributed by atoms with E-state index in [9.17, 15) is 9.59 Å². The summed E-state index contributed by atoms with van der Waals surface area (Å²) in [6, 6.07) is 11.8. The number of carbonyl (C=O) groups excluding carboxylic acids is 2. The van der Waals surface area contributed by atoms with Gasteiger partial charge in [0.2, 0.25) is 11.8 Å². The van der Waals surface area contributed by atoms with E-state index in [4.69, 9.17) is 0 Å². The molecule has 124 valence electrons. The van der Waals surface area contributed by atoms with Crippen LogP contribution in [0, 0.1) is 12.8 Å². The molecule has 0 saturated carbocycles. The molecule has 0 spiro atoms. The Hall–Kier alpha value is -2.47. The average Bonchev–Trinajstić information content (AvgIpc) is 3.15. The van der Waals surface area contributed by atoms with E-state index in [1.165, 1.54) is 0 Å². The van der Waals surface area contributed by atoms with Gasteiger partial charge in [0, 0.05) is 24.4 Å². The number of hydrogen-bond acceptors (Lipinski definition) is 4. The van der Waals surface area contributed by atoms with Gasteiger partial charge in [-0.15, -0.1) is 11.3 Å². The van der Waals surface area contributed by atoms with Gasteiger partial charge in [-0.1, -0.05) is 30.3 Å². The first-order chi connectivity index (χ1) is 11.6. The van der Waals surface area contributed by atoms with Gasteiger partial charge in [-0.2, -0.15) is 5.10 Å². The number of hydrogen-bond donors (Lipinski definition) is 1. The first-order valence-electron chi connectivity index (χ1n) is 7.82. The zero-order valence-corrected chi connectivity index (χ0v) is 14.3. The zero-order chi connectivity index (χ0) is 16.9. The van der Waals surface area contributed by atoms with Gasteiger partial charge in [-0.25, -0.2) is 5.43 Å². The lowest BCUT2D eigenvalue weighted by Crippen LogP contribution is -2.30. The fourth-order valence-electron chi connectivity index (χ4n) is 2.67. The fourth-order valence-corrected chi connectivity index (χ4v) is 3.45. The molecule has 6 heteroatoms. The number of hydrazone groups is 1. The highest BCUT2D eigenvalue weighted by molar-refractivity contribution is 7.11. The number of carbonyl (C=O) groups is 2. The van der Waals surface area contributed by atoms with Crippen LogP contribution in [-0.2, 0) is 16.1 Å². The van der Waals surface area contributed by atoms with Crippen molar-refractivity contribution in [2.45, 2.75) is 19.9 Å². The Kier molecular flexibility index (Phi) is 5.05. The Bertz CT molecular complexity index is 755. The van der Waals surface area contributed by atoms with Crippen molar-refractivity contribution >= 4 is 29.4 Å². The molecule has 2 aromatic rings. The largest absolute Gasteiger partial charge is 0.338 e. The van der Waals surface area contributed by atoms with Gasteiger partial charge in [-0.3, -0.25) is 9.59 Å². The van der Waals surface area contributed by atoms with Crippen LogP contribution in [0.25, 0.3) is 0 Å². The summed E-state index contributed by atoms with van der Waals surface area (Å²) in [5.74, 6) is -0.538. The lowest BCUT2D eigenvalue weighted by atomic mass is 10.1.